The van der Waals surface area contributed by atoms with Crippen molar-refractivity contribution in [2.75, 3.05) is 32.7 Å². The third kappa shape index (κ3) is 6.57. The molecule has 1 amide bonds. The van der Waals surface area contributed by atoms with E-state index in [2.05, 4.69) is 15.1 Å². The Kier molecular flexibility index (Phi) is 7.43. The maximum absolute atomic E-state index is 11.7. The number of nitrogens with zero attached hydrogens (tertiary/aromatic N) is 2. The lowest BCUT2D eigenvalue weighted by Gasteiger charge is -2.48. The lowest BCUT2D eigenvalue weighted by molar-refractivity contribution is -0.143. The number of nitrogens with one attached hydrogen (secondary N) is 1. The minimum atomic E-state index is -0.617. The lowest BCUT2D eigenvalue weighted by Crippen LogP contribution is -2.56. The number of hydrogen-bond acceptors (Lipinski definition) is 5. The summed E-state index contributed by atoms with van der Waals surface area (Å²) in [5.74, 6) is -0.0300. The third-order valence-electron chi connectivity index (χ3n) is 6.86. The maximum Gasteiger partial charge on any atom is 0.407 e. The molecule has 1 heterocycles. The number of alkyl carbamates (subject to hydrolysis) is 1. The van der Waals surface area contributed by atoms with Gasteiger partial charge in [0, 0.05) is 44.8 Å². The van der Waals surface area contributed by atoms with E-state index in [4.69, 9.17) is 9.84 Å². The quantitative estimate of drug-likeness (QED) is 0.702. The molecule has 166 valence electrons. The van der Waals surface area contributed by atoms with Gasteiger partial charge in [-0.1, -0.05) is 0 Å². The minimum absolute atomic E-state index is 0.121. The number of carboxylic acid groups (broad SMARTS) is 1. The van der Waals surface area contributed by atoms with E-state index in [9.17, 15) is 9.59 Å². The van der Waals surface area contributed by atoms with Crippen LogP contribution >= 0.6 is 0 Å². The van der Waals surface area contributed by atoms with Crippen LogP contribution in [0.5, 0.6) is 0 Å². The van der Waals surface area contributed by atoms with E-state index in [-0.39, 0.29) is 12.0 Å². The van der Waals surface area contributed by atoms with Gasteiger partial charge in [-0.25, -0.2) is 4.79 Å². The summed E-state index contributed by atoms with van der Waals surface area (Å²) in [4.78, 5) is 28.1. The molecule has 1 saturated heterocycles. The summed E-state index contributed by atoms with van der Waals surface area (Å²) in [7, 11) is 0. The zero-order chi connectivity index (χ0) is 21.0. The Morgan fingerprint density at radius 2 is 1.52 bits per heavy atom. The molecule has 0 aromatic carbocycles. The van der Waals surface area contributed by atoms with Crippen molar-refractivity contribution < 1.29 is 19.4 Å². The summed E-state index contributed by atoms with van der Waals surface area (Å²) in [6.07, 6.45) is 6.92. The number of piperazine rings is 1. The summed E-state index contributed by atoms with van der Waals surface area (Å²) in [5, 5.41) is 12.0. The van der Waals surface area contributed by atoms with Crippen molar-refractivity contribution in [3.05, 3.63) is 0 Å². The van der Waals surface area contributed by atoms with Crippen LogP contribution < -0.4 is 5.32 Å². The highest BCUT2D eigenvalue weighted by Crippen LogP contribution is 2.35. The monoisotopic (exact) mass is 409 g/mol. The van der Waals surface area contributed by atoms with E-state index in [1.807, 2.05) is 20.8 Å². The fourth-order valence-corrected chi connectivity index (χ4v) is 5.08. The molecule has 7 heteroatoms. The van der Waals surface area contributed by atoms with Crippen LogP contribution in [0.3, 0.4) is 0 Å². The van der Waals surface area contributed by atoms with E-state index < -0.39 is 11.6 Å². The average Bonchev–Trinajstić information content (AvgIpc) is 2.62. The fraction of sp³-hybridized carbons (Fsp3) is 0.909. The van der Waals surface area contributed by atoms with Crippen LogP contribution in [0.2, 0.25) is 0 Å². The van der Waals surface area contributed by atoms with E-state index in [1.165, 1.54) is 12.8 Å². The zero-order valence-corrected chi connectivity index (χ0v) is 18.4. The first-order valence-corrected chi connectivity index (χ1v) is 11.4. The molecule has 2 saturated carbocycles. The summed E-state index contributed by atoms with van der Waals surface area (Å²) in [5.41, 5.74) is -0.441. The first kappa shape index (κ1) is 22.3. The first-order chi connectivity index (χ1) is 13.7. The summed E-state index contributed by atoms with van der Waals surface area (Å²) < 4.78 is 5.27. The second-order valence-corrected chi connectivity index (χ2v) is 10.1. The van der Waals surface area contributed by atoms with Gasteiger partial charge < -0.3 is 15.2 Å². The van der Waals surface area contributed by atoms with Crippen LogP contribution in [-0.4, -0.2) is 77.4 Å². The Morgan fingerprint density at radius 1 is 0.966 bits per heavy atom. The number of carbonyl (C=O) groups is 2. The molecule has 7 nitrogen and oxygen atoms in total. The molecule has 29 heavy (non-hydrogen) atoms. The molecule has 3 rings (SSSR count). The van der Waals surface area contributed by atoms with Crippen LogP contribution in [0.25, 0.3) is 0 Å². The van der Waals surface area contributed by atoms with Crippen LogP contribution in [0.4, 0.5) is 4.79 Å². The molecular formula is C22H39N3O4. The predicted octanol–water partition coefficient (Wildman–Crippen LogP) is 2.94. The molecule has 3 aliphatic rings. The van der Waals surface area contributed by atoms with Crippen LogP contribution in [0.15, 0.2) is 0 Å². The van der Waals surface area contributed by atoms with Crippen LogP contribution in [0.1, 0.15) is 65.7 Å². The number of aliphatic carboxylic acids is 1. The number of amides is 1. The minimum Gasteiger partial charge on any atom is -0.481 e. The summed E-state index contributed by atoms with van der Waals surface area (Å²) in [6.45, 7) is 10.8. The van der Waals surface area contributed by atoms with Crippen molar-refractivity contribution in [3.8, 4) is 0 Å². The highest BCUT2D eigenvalue weighted by atomic mass is 16.6. The van der Waals surface area contributed by atoms with Gasteiger partial charge in [-0.15, -0.1) is 0 Å². The van der Waals surface area contributed by atoms with Crippen molar-refractivity contribution in [3.63, 3.8) is 0 Å². The predicted molar refractivity (Wildman–Crippen MR) is 112 cm³/mol. The van der Waals surface area contributed by atoms with E-state index in [0.29, 0.717) is 24.5 Å². The molecule has 0 radical (unpaired) electrons. The van der Waals surface area contributed by atoms with Crippen molar-refractivity contribution in [1.29, 1.82) is 0 Å². The van der Waals surface area contributed by atoms with Gasteiger partial charge >= 0.3 is 12.1 Å². The summed E-state index contributed by atoms with van der Waals surface area (Å²) >= 11 is 0. The zero-order valence-electron chi connectivity index (χ0n) is 18.4. The topological polar surface area (TPSA) is 82.1 Å². The van der Waals surface area contributed by atoms with Gasteiger partial charge in [0.25, 0.3) is 0 Å². The van der Waals surface area contributed by atoms with E-state index in [0.717, 1.165) is 58.3 Å². The van der Waals surface area contributed by atoms with Crippen molar-refractivity contribution >= 4 is 12.1 Å². The first-order valence-electron chi connectivity index (χ1n) is 11.4. The molecule has 0 atom stereocenters. The fourth-order valence-electron chi connectivity index (χ4n) is 5.08. The van der Waals surface area contributed by atoms with Gasteiger partial charge in [-0.3, -0.25) is 14.6 Å². The molecule has 2 aliphatic carbocycles. The number of rotatable bonds is 6. The molecule has 0 bridgehead atoms. The van der Waals surface area contributed by atoms with Crippen LogP contribution in [-0.2, 0) is 9.53 Å². The second kappa shape index (κ2) is 9.65. The molecule has 2 N–H and O–H groups in total. The highest BCUT2D eigenvalue weighted by Gasteiger charge is 2.36. The average molecular weight is 410 g/mol. The highest BCUT2D eigenvalue weighted by molar-refractivity contribution is 5.70. The molecular weight excluding hydrogens is 370 g/mol. The van der Waals surface area contributed by atoms with Gasteiger partial charge in [0.2, 0.25) is 0 Å². The molecule has 1 aliphatic heterocycles. The Morgan fingerprint density at radius 3 is 2.03 bits per heavy atom. The largest absolute Gasteiger partial charge is 0.481 e. The number of hydrogen-bond donors (Lipinski definition) is 2. The Bertz CT molecular complexity index is 555. The number of carbonyl (C=O) groups excluding carboxylic acids is 1. The number of carboxylic acids is 1. The lowest BCUT2D eigenvalue weighted by atomic mass is 9.77. The molecule has 0 unspecified atom stereocenters. The van der Waals surface area contributed by atoms with Gasteiger partial charge in [0.15, 0.2) is 0 Å². The van der Waals surface area contributed by atoms with E-state index in [1.54, 1.807) is 0 Å². The molecule has 0 aromatic rings. The molecule has 0 aromatic heterocycles. The Labute approximate surface area is 175 Å². The van der Waals surface area contributed by atoms with Crippen LogP contribution in [0, 0.1) is 11.8 Å². The second-order valence-electron chi connectivity index (χ2n) is 10.1. The number of ether oxygens (including phenoxy) is 1. The van der Waals surface area contributed by atoms with Crippen molar-refractivity contribution in [1.82, 2.24) is 15.1 Å². The third-order valence-corrected chi connectivity index (χ3v) is 6.86. The molecule has 3 fully saturated rings. The van der Waals surface area contributed by atoms with Crippen molar-refractivity contribution in [2.45, 2.75) is 83.4 Å². The van der Waals surface area contributed by atoms with Gasteiger partial charge in [0.1, 0.15) is 5.60 Å². The molecule has 0 spiro atoms. The SMILES string of the molecule is CC(C)(C)OC(=O)NCCC1CC(N2CCN(C3CCC(C(=O)O)CC3)CC2)C1. The van der Waals surface area contributed by atoms with Crippen molar-refractivity contribution in [2.24, 2.45) is 11.8 Å². The standard InChI is InChI=1S/C22H39N3O4/c1-22(2,3)29-21(28)23-9-8-16-14-19(15-16)25-12-10-24(11-13-25)18-6-4-17(5-7-18)20(26)27/h16-19H,4-15H2,1-3H3,(H,23,28)(H,26,27). The van der Waals surface area contributed by atoms with Gasteiger partial charge in [-0.2, -0.15) is 0 Å². The smallest absolute Gasteiger partial charge is 0.407 e. The van der Waals surface area contributed by atoms with E-state index >= 15 is 0 Å². The van der Waals surface area contributed by atoms with Gasteiger partial charge in [-0.05, 0) is 71.6 Å². The Balaban J connectivity index is 1.27. The Hall–Kier alpha value is -1.34. The van der Waals surface area contributed by atoms with Gasteiger partial charge in [0.05, 0.1) is 5.92 Å². The maximum atomic E-state index is 11.7. The normalized spacial score (nSPS) is 31.7. The summed E-state index contributed by atoms with van der Waals surface area (Å²) in [6, 6.07) is 1.28.